The third-order valence-corrected chi connectivity index (χ3v) is 2.80. The van der Waals surface area contributed by atoms with Crippen LogP contribution in [0.25, 0.3) is 0 Å². The van der Waals surface area contributed by atoms with E-state index in [2.05, 4.69) is 15.6 Å². The minimum atomic E-state index is -0.466. The summed E-state index contributed by atoms with van der Waals surface area (Å²) in [6.07, 6.45) is 1.53. The van der Waals surface area contributed by atoms with Gasteiger partial charge in [0.15, 0.2) is 5.96 Å². The molecule has 86 valence electrons. The lowest BCUT2D eigenvalue weighted by Crippen LogP contribution is -2.45. The highest BCUT2D eigenvalue weighted by atomic mass is 16.5. The smallest absolute Gasteiger partial charge is 0.252 e. The van der Waals surface area contributed by atoms with E-state index in [9.17, 15) is 4.79 Å². The number of amides is 1. The second-order valence-electron chi connectivity index (χ2n) is 3.59. The molecule has 0 aromatic carbocycles. The Labute approximate surface area is 90.3 Å². The van der Waals surface area contributed by atoms with Gasteiger partial charge in [-0.15, -0.1) is 0 Å². The highest BCUT2D eigenvalue weighted by Gasteiger charge is 2.41. The molecule has 0 saturated carbocycles. The van der Waals surface area contributed by atoms with Crippen LogP contribution in [0.2, 0.25) is 0 Å². The molecule has 0 spiro atoms. The van der Waals surface area contributed by atoms with Gasteiger partial charge in [-0.2, -0.15) is 0 Å². The Kier molecular flexibility index (Phi) is 4.08. The number of carbonyl (C=O) groups excluding carboxylic acids is 1. The summed E-state index contributed by atoms with van der Waals surface area (Å²) in [6.45, 7) is 5.11. The molecule has 1 aliphatic rings. The third-order valence-electron chi connectivity index (χ3n) is 2.80. The fraction of sp³-hybridized carbons (Fsp3) is 0.800. The van der Waals surface area contributed by atoms with Gasteiger partial charge in [-0.05, 0) is 12.8 Å². The monoisotopic (exact) mass is 213 g/mol. The molecule has 2 N–H and O–H groups in total. The summed E-state index contributed by atoms with van der Waals surface area (Å²) in [5.41, 5.74) is -0.466. The predicted molar refractivity (Wildman–Crippen MR) is 58.8 cm³/mol. The van der Waals surface area contributed by atoms with Crippen molar-refractivity contribution in [1.29, 1.82) is 0 Å². The van der Waals surface area contributed by atoms with Crippen LogP contribution in [0.15, 0.2) is 4.99 Å². The molecule has 5 heteroatoms. The Morgan fingerprint density at radius 3 is 2.53 bits per heavy atom. The van der Waals surface area contributed by atoms with Gasteiger partial charge in [-0.1, -0.05) is 13.8 Å². The number of aliphatic imine (C=N–C) groups is 1. The molecule has 1 fully saturated rings. The van der Waals surface area contributed by atoms with Crippen LogP contribution in [0, 0.1) is 0 Å². The van der Waals surface area contributed by atoms with Crippen LogP contribution in [0.1, 0.15) is 26.7 Å². The highest BCUT2D eigenvalue weighted by Crippen LogP contribution is 2.18. The number of carbonyl (C=O) groups is 1. The molecular formula is C10H19N3O2. The SMILES string of the molecule is CCC1(CC)NC(=NCCOC)NC1=O. The Bertz CT molecular complexity index is 259. The topological polar surface area (TPSA) is 62.7 Å². The van der Waals surface area contributed by atoms with Crippen molar-refractivity contribution in [2.24, 2.45) is 4.99 Å². The number of nitrogens with zero attached hydrogens (tertiary/aromatic N) is 1. The molecule has 1 rings (SSSR count). The van der Waals surface area contributed by atoms with Crippen LogP contribution in [0.4, 0.5) is 0 Å². The zero-order valence-electron chi connectivity index (χ0n) is 9.59. The van der Waals surface area contributed by atoms with Gasteiger partial charge in [-0.25, -0.2) is 0 Å². The van der Waals surface area contributed by atoms with E-state index < -0.39 is 5.54 Å². The molecule has 1 heterocycles. The number of methoxy groups -OCH3 is 1. The molecule has 0 aromatic rings. The number of rotatable bonds is 5. The van der Waals surface area contributed by atoms with Crippen molar-refractivity contribution in [3.05, 3.63) is 0 Å². The van der Waals surface area contributed by atoms with Crippen LogP contribution < -0.4 is 10.6 Å². The normalized spacial score (nSPS) is 21.5. The first-order valence-corrected chi connectivity index (χ1v) is 5.31. The van der Waals surface area contributed by atoms with Crippen molar-refractivity contribution in [3.8, 4) is 0 Å². The first kappa shape index (κ1) is 12.0. The highest BCUT2D eigenvalue weighted by molar-refractivity contribution is 6.08. The fourth-order valence-corrected chi connectivity index (χ4v) is 1.62. The molecule has 0 unspecified atom stereocenters. The van der Waals surface area contributed by atoms with Crippen molar-refractivity contribution in [2.75, 3.05) is 20.3 Å². The standard InChI is InChI=1S/C10H19N3O2/c1-4-10(5-2)8(14)12-9(13-10)11-6-7-15-3/h4-7H2,1-3H3,(H2,11,12,13,14). The van der Waals surface area contributed by atoms with Crippen LogP contribution >= 0.6 is 0 Å². The average molecular weight is 213 g/mol. The maximum atomic E-state index is 11.7. The molecule has 0 aliphatic carbocycles. The average Bonchev–Trinajstić information content (AvgIpc) is 2.56. The predicted octanol–water partition coefficient (Wildman–Crippen LogP) is 0.267. The van der Waals surface area contributed by atoms with E-state index in [1.54, 1.807) is 7.11 Å². The first-order valence-electron chi connectivity index (χ1n) is 5.31. The second kappa shape index (κ2) is 5.11. The zero-order chi connectivity index (χ0) is 11.3. The zero-order valence-corrected chi connectivity index (χ0v) is 9.59. The van der Waals surface area contributed by atoms with E-state index >= 15 is 0 Å². The minimum absolute atomic E-state index is 0.0173. The summed E-state index contributed by atoms with van der Waals surface area (Å²) in [5, 5.41) is 5.90. The molecule has 1 saturated heterocycles. The second-order valence-corrected chi connectivity index (χ2v) is 3.59. The summed E-state index contributed by atoms with van der Waals surface area (Å²) in [7, 11) is 1.63. The lowest BCUT2D eigenvalue weighted by molar-refractivity contribution is -0.124. The number of guanidine groups is 1. The van der Waals surface area contributed by atoms with Crippen molar-refractivity contribution in [1.82, 2.24) is 10.6 Å². The van der Waals surface area contributed by atoms with Gasteiger partial charge in [0.2, 0.25) is 0 Å². The van der Waals surface area contributed by atoms with Crippen molar-refractivity contribution < 1.29 is 9.53 Å². The molecular weight excluding hydrogens is 194 g/mol. The fourth-order valence-electron chi connectivity index (χ4n) is 1.62. The van der Waals surface area contributed by atoms with E-state index in [1.807, 2.05) is 13.8 Å². The lowest BCUT2D eigenvalue weighted by atomic mass is 9.93. The van der Waals surface area contributed by atoms with E-state index in [4.69, 9.17) is 4.74 Å². The van der Waals surface area contributed by atoms with Gasteiger partial charge in [0.1, 0.15) is 5.54 Å². The Hall–Kier alpha value is -1.10. The van der Waals surface area contributed by atoms with Crippen molar-refractivity contribution in [2.45, 2.75) is 32.2 Å². The number of ether oxygens (including phenoxy) is 1. The largest absolute Gasteiger partial charge is 0.383 e. The molecule has 1 aliphatic heterocycles. The molecule has 0 atom stereocenters. The van der Waals surface area contributed by atoms with Gasteiger partial charge < -0.3 is 10.1 Å². The minimum Gasteiger partial charge on any atom is -0.383 e. The van der Waals surface area contributed by atoms with E-state index in [0.29, 0.717) is 19.1 Å². The Morgan fingerprint density at radius 1 is 1.40 bits per heavy atom. The van der Waals surface area contributed by atoms with Crippen LogP contribution in [0.5, 0.6) is 0 Å². The van der Waals surface area contributed by atoms with Gasteiger partial charge >= 0.3 is 0 Å². The number of hydrogen-bond donors (Lipinski definition) is 2. The summed E-state index contributed by atoms with van der Waals surface area (Å²) in [4.78, 5) is 15.9. The van der Waals surface area contributed by atoms with E-state index in [-0.39, 0.29) is 5.91 Å². The maximum absolute atomic E-state index is 11.7. The number of hydrogen-bond acceptors (Lipinski definition) is 3. The molecule has 0 radical (unpaired) electrons. The molecule has 0 aromatic heterocycles. The van der Waals surface area contributed by atoms with E-state index in [1.165, 1.54) is 0 Å². The lowest BCUT2D eigenvalue weighted by Gasteiger charge is -2.22. The molecule has 1 amide bonds. The molecule has 0 bridgehead atoms. The van der Waals surface area contributed by atoms with Gasteiger partial charge in [0, 0.05) is 7.11 Å². The van der Waals surface area contributed by atoms with Crippen molar-refractivity contribution in [3.63, 3.8) is 0 Å². The van der Waals surface area contributed by atoms with Crippen LogP contribution in [0.3, 0.4) is 0 Å². The quantitative estimate of drug-likeness (QED) is 0.644. The Morgan fingerprint density at radius 2 is 2.07 bits per heavy atom. The third kappa shape index (κ3) is 2.47. The Balaban J connectivity index is 2.62. The molecule has 5 nitrogen and oxygen atoms in total. The van der Waals surface area contributed by atoms with Crippen LogP contribution in [-0.4, -0.2) is 37.7 Å². The van der Waals surface area contributed by atoms with Crippen LogP contribution in [-0.2, 0) is 9.53 Å². The maximum Gasteiger partial charge on any atom is 0.252 e. The first-order chi connectivity index (χ1) is 7.18. The summed E-state index contributed by atoms with van der Waals surface area (Å²) in [5.74, 6) is 0.587. The summed E-state index contributed by atoms with van der Waals surface area (Å²) >= 11 is 0. The number of nitrogens with one attached hydrogen (secondary N) is 2. The van der Waals surface area contributed by atoms with Gasteiger partial charge in [0.05, 0.1) is 13.2 Å². The van der Waals surface area contributed by atoms with Gasteiger partial charge in [-0.3, -0.25) is 15.1 Å². The van der Waals surface area contributed by atoms with Gasteiger partial charge in [0.25, 0.3) is 5.91 Å². The van der Waals surface area contributed by atoms with Crippen molar-refractivity contribution >= 4 is 11.9 Å². The van der Waals surface area contributed by atoms with E-state index in [0.717, 1.165) is 12.8 Å². The molecule has 15 heavy (non-hydrogen) atoms. The summed E-state index contributed by atoms with van der Waals surface area (Å²) in [6, 6.07) is 0. The summed E-state index contributed by atoms with van der Waals surface area (Å²) < 4.78 is 4.89.